The van der Waals surface area contributed by atoms with Crippen LogP contribution < -0.4 is 0 Å². The SMILES string of the molecule is CC(C)CCCCCCCCCCCCCCCCCCC(=O)OC[C@H](COC(=O)CCCCCCCCCCCCCCCCC(C)C)OC(=O)CCCCCCCCC(C)C. The first-order chi connectivity index (χ1) is 30.6. The second-order valence-corrected chi connectivity index (χ2v) is 21.0. The third-order valence-corrected chi connectivity index (χ3v) is 12.9. The van der Waals surface area contributed by atoms with Crippen LogP contribution in [0.15, 0.2) is 0 Å². The van der Waals surface area contributed by atoms with E-state index >= 15 is 0 Å². The van der Waals surface area contributed by atoms with Crippen LogP contribution in [-0.4, -0.2) is 37.2 Å². The first-order valence-corrected chi connectivity index (χ1v) is 28.1. The van der Waals surface area contributed by atoms with E-state index in [0.717, 1.165) is 75.5 Å². The summed E-state index contributed by atoms with van der Waals surface area (Å²) in [5, 5.41) is 0. The Hall–Kier alpha value is -1.59. The van der Waals surface area contributed by atoms with E-state index in [9.17, 15) is 14.4 Å². The Morgan fingerprint density at radius 3 is 0.683 bits per heavy atom. The largest absolute Gasteiger partial charge is 0.462 e. The molecule has 0 aromatic heterocycles. The molecule has 0 heterocycles. The molecule has 0 aliphatic rings. The van der Waals surface area contributed by atoms with E-state index in [4.69, 9.17) is 14.2 Å². The summed E-state index contributed by atoms with van der Waals surface area (Å²) < 4.78 is 16.8. The van der Waals surface area contributed by atoms with Crippen molar-refractivity contribution in [2.24, 2.45) is 17.8 Å². The standard InChI is InChI=1S/C57H110O6/c1-51(2)43-37-31-25-21-17-13-9-7-8-10-15-19-23-27-34-40-46-55(58)61-49-54(63-57(60)48-42-36-30-29-33-39-45-53(5)6)50-62-56(59)47-41-35-28-24-20-16-12-11-14-18-22-26-32-38-44-52(3)4/h51-54H,7-50H2,1-6H3/t54-/m1/s1. The van der Waals surface area contributed by atoms with Gasteiger partial charge in [0, 0.05) is 19.3 Å². The molecule has 0 saturated carbocycles. The molecule has 0 rings (SSSR count). The highest BCUT2D eigenvalue weighted by molar-refractivity contribution is 5.71. The molecule has 6 heteroatoms. The van der Waals surface area contributed by atoms with Gasteiger partial charge in [-0.25, -0.2) is 0 Å². The fourth-order valence-corrected chi connectivity index (χ4v) is 8.65. The number of carbonyl (C=O) groups is 3. The fourth-order valence-electron chi connectivity index (χ4n) is 8.65. The molecule has 0 spiro atoms. The smallest absolute Gasteiger partial charge is 0.306 e. The molecule has 1 atom stereocenters. The van der Waals surface area contributed by atoms with Gasteiger partial charge in [0.05, 0.1) is 0 Å². The lowest BCUT2D eigenvalue weighted by Crippen LogP contribution is -2.30. The Bertz CT molecular complexity index is 976. The summed E-state index contributed by atoms with van der Waals surface area (Å²) in [6.45, 7) is 13.7. The average molecular weight is 892 g/mol. The summed E-state index contributed by atoms with van der Waals surface area (Å²) in [6, 6.07) is 0. The van der Waals surface area contributed by atoms with E-state index in [1.807, 2.05) is 0 Å². The zero-order chi connectivity index (χ0) is 46.3. The Labute approximate surface area is 393 Å². The van der Waals surface area contributed by atoms with Crippen molar-refractivity contribution in [2.45, 2.75) is 317 Å². The Balaban J connectivity index is 4.19. The van der Waals surface area contributed by atoms with Crippen LogP contribution in [0.5, 0.6) is 0 Å². The van der Waals surface area contributed by atoms with Crippen molar-refractivity contribution in [1.29, 1.82) is 0 Å². The van der Waals surface area contributed by atoms with Crippen LogP contribution in [0.4, 0.5) is 0 Å². The third kappa shape index (κ3) is 51.3. The molecule has 0 unspecified atom stereocenters. The third-order valence-electron chi connectivity index (χ3n) is 12.9. The first-order valence-electron chi connectivity index (χ1n) is 28.1. The highest BCUT2D eigenvalue weighted by Crippen LogP contribution is 2.18. The molecular weight excluding hydrogens is 781 g/mol. The molecule has 0 fully saturated rings. The van der Waals surface area contributed by atoms with E-state index in [1.54, 1.807) is 0 Å². The van der Waals surface area contributed by atoms with Crippen LogP contribution in [0.25, 0.3) is 0 Å². The number of hydrogen-bond acceptors (Lipinski definition) is 6. The summed E-state index contributed by atoms with van der Waals surface area (Å²) in [7, 11) is 0. The number of hydrogen-bond donors (Lipinski definition) is 0. The summed E-state index contributed by atoms with van der Waals surface area (Å²) in [5.74, 6) is 1.60. The van der Waals surface area contributed by atoms with Crippen LogP contribution in [0.2, 0.25) is 0 Å². The minimum absolute atomic E-state index is 0.0649. The van der Waals surface area contributed by atoms with Crippen molar-refractivity contribution >= 4 is 17.9 Å². The zero-order valence-electron chi connectivity index (χ0n) is 43.4. The molecular formula is C57H110O6. The molecule has 6 nitrogen and oxygen atoms in total. The quantitative estimate of drug-likeness (QED) is 0.0344. The van der Waals surface area contributed by atoms with Crippen LogP contribution in [0.3, 0.4) is 0 Å². The summed E-state index contributed by atoms with van der Waals surface area (Å²) in [4.78, 5) is 38.0. The average Bonchev–Trinajstić information content (AvgIpc) is 3.24. The van der Waals surface area contributed by atoms with Crippen molar-refractivity contribution in [3.63, 3.8) is 0 Å². The van der Waals surface area contributed by atoms with Gasteiger partial charge in [-0.2, -0.15) is 0 Å². The molecule has 0 N–H and O–H groups in total. The van der Waals surface area contributed by atoms with E-state index in [-0.39, 0.29) is 31.1 Å². The normalized spacial score (nSPS) is 12.1. The van der Waals surface area contributed by atoms with Gasteiger partial charge in [0.1, 0.15) is 13.2 Å². The molecule has 63 heavy (non-hydrogen) atoms. The molecule has 0 aromatic rings. The maximum atomic E-state index is 12.8. The monoisotopic (exact) mass is 891 g/mol. The van der Waals surface area contributed by atoms with E-state index in [2.05, 4.69) is 41.5 Å². The Morgan fingerprint density at radius 1 is 0.270 bits per heavy atom. The second kappa shape index (κ2) is 48.3. The van der Waals surface area contributed by atoms with Gasteiger partial charge >= 0.3 is 17.9 Å². The van der Waals surface area contributed by atoms with Crippen molar-refractivity contribution < 1.29 is 28.6 Å². The molecule has 0 aromatic carbocycles. The molecule has 0 aliphatic carbocycles. The highest BCUT2D eigenvalue weighted by Gasteiger charge is 2.19. The minimum atomic E-state index is -0.763. The van der Waals surface area contributed by atoms with Crippen LogP contribution >= 0.6 is 0 Å². The van der Waals surface area contributed by atoms with E-state index < -0.39 is 6.10 Å². The zero-order valence-corrected chi connectivity index (χ0v) is 43.4. The number of ether oxygens (including phenoxy) is 3. The van der Waals surface area contributed by atoms with Crippen LogP contribution in [0, 0.1) is 17.8 Å². The molecule has 0 radical (unpaired) electrons. The van der Waals surface area contributed by atoms with E-state index in [1.165, 1.54) is 193 Å². The maximum absolute atomic E-state index is 12.8. The topological polar surface area (TPSA) is 78.9 Å². The van der Waals surface area contributed by atoms with Gasteiger partial charge in [-0.15, -0.1) is 0 Å². The van der Waals surface area contributed by atoms with Gasteiger partial charge in [0.25, 0.3) is 0 Å². The van der Waals surface area contributed by atoms with Gasteiger partial charge in [0.2, 0.25) is 0 Å². The molecule has 0 amide bonds. The number of carbonyl (C=O) groups excluding carboxylic acids is 3. The first kappa shape index (κ1) is 61.4. The van der Waals surface area contributed by atoms with Crippen LogP contribution in [-0.2, 0) is 28.6 Å². The fraction of sp³-hybridized carbons (Fsp3) is 0.947. The maximum Gasteiger partial charge on any atom is 0.306 e. The van der Waals surface area contributed by atoms with Crippen molar-refractivity contribution in [2.75, 3.05) is 13.2 Å². The molecule has 0 bridgehead atoms. The van der Waals surface area contributed by atoms with Gasteiger partial charge in [-0.3, -0.25) is 14.4 Å². The predicted octanol–water partition coefficient (Wildman–Crippen LogP) is 18.3. The van der Waals surface area contributed by atoms with Gasteiger partial charge < -0.3 is 14.2 Å². The highest BCUT2D eigenvalue weighted by atomic mass is 16.6. The number of esters is 3. The lowest BCUT2D eigenvalue weighted by molar-refractivity contribution is -0.167. The lowest BCUT2D eigenvalue weighted by atomic mass is 10.0. The molecule has 0 saturated heterocycles. The lowest BCUT2D eigenvalue weighted by Gasteiger charge is -2.18. The summed E-state index contributed by atoms with van der Waals surface area (Å²) >= 11 is 0. The van der Waals surface area contributed by atoms with E-state index in [0.29, 0.717) is 19.3 Å². The van der Waals surface area contributed by atoms with Crippen molar-refractivity contribution in [1.82, 2.24) is 0 Å². The van der Waals surface area contributed by atoms with Crippen molar-refractivity contribution in [3.05, 3.63) is 0 Å². The summed E-state index contributed by atoms with van der Waals surface area (Å²) in [6.07, 6.45) is 49.7. The summed E-state index contributed by atoms with van der Waals surface area (Å²) in [5.41, 5.74) is 0. The van der Waals surface area contributed by atoms with Gasteiger partial charge in [0.15, 0.2) is 6.10 Å². The number of unbranched alkanes of at least 4 members (excludes halogenated alkanes) is 33. The second-order valence-electron chi connectivity index (χ2n) is 21.0. The van der Waals surface area contributed by atoms with Crippen molar-refractivity contribution in [3.8, 4) is 0 Å². The molecule has 0 aliphatic heterocycles. The Morgan fingerprint density at radius 2 is 0.460 bits per heavy atom. The Kier molecular flexibility index (Phi) is 47.1. The molecule has 374 valence electrons. The number of rotatable bonds is 50. The minimum Gasteiger partial charge on any atom is -0.462 e. The van der Waals surface area contributed by atoms with Gasteiger partial charge in [-0.1, -0.05) is 273 Å². The van der Waals surface area contributed by atoms with Gasteiger partial charge in [-0.05, 0) is 37.0 Å². The predicted molar refractivity (Wildman–Crippen MR) is 270 cm³/mol. The van der Waals surface area contributed by atoms with Crippen LogP contribution in [0.1, 0.15) is 311 Å².